The molecule has 1 heterocycles. The van der Waals surface area contributed by atoms with E-state index in [2.05, 4.69) is 5.32 Å². The molecule has 0 aliphatic carbocycles. The van der Waals surface area contributed by atoms with Crippen LogP contribution in [0.25, 0.3) is 5.32 Å². The Kier molecular flexibility index (Phi) is 9.59. The Bertz CT molecular complexity index is 1110. The van der Waals surface area contributed by atoms with Crippen LogP contribution in [0.15, 0.2) is 78.9 Å². The molecule has 0 spiro atoms. The third kappa shape index (κ3) is 7.51. The Morgan fingerprint density at radius 1 is 0.800 bits per heavy atom. The maximum absolute atomic E-state index is 14.7. The van der Waals surface area contributed by atoms with Gasteiger partial charge in [0.1, 0.15) is 19.0 Å². The van der Waals surface area contributed by atoms with Gasteiger partial charge in [0.2, 0.25) is 6.09 Å². The van der Waals surface area contributed by atoms with Crippen molar-refractivity contribution in [1.82, 2.24) is 4.90 Å². The molecule has 1 fully saturated rings. The summed E-state index contributed by atoms with van der Waals surface area (Å²) < 4.78 is 25.2. The maximum Gasteiger partial charge on any atom is 1.00 e. The SMILES string of the molecule is O=C([N-]c1ccc(N2CCN(C(=O)OCc3ccccc3)CC2)c(F)c1)OCc1ccccc1.[Li+]. The van der Waals surface area contributed by atoms with Crippen molar-refractivity contribution in [3.05, 3.63) is 101 Å². The van der Waals surface area contributed by atoms with Crippen molar-refractivity contribution >= 4 is 23.6 Å². The fourth-order valence-corrected chi connectivity index (χ4v) is 3.62. The van der Waals surface area contributed by atoms with Gasteiger partial charge < -0.3 is 24.6 Å². The molecule has 9 heteroatoms. The predicted octanol–water partition coefficient (Wildman–Crippen LogP) is 2.63. The monoisotopic (exact) mass is 469 g/mol. The van der Waals surface area contributed by atoms with Gasteiger partial charge in [-0.15, -0.1) is 5.69 Å². The first-order valence-corrected chi connectivity index (χ1v) is 11.0. The molecule has 0 aromatic heterocycles. The normalized spacial score (nSPS) is 12.9. The molecule has 176 valence electrons. The summed E-state index contributed by atoms with van der Waals surface area (Å²) in [5.41, 5.74) is 2.35. The average molecular weight is 469 g/mol. The van der Waals surface area contributed by atoms with E-state index in [1.807, 2.05) is 65.6 Å². The van der Waals surface area contributed by atoms with Crippen LogP contribution >= 0.6 is 0 Å². The summed E-state index contributed by atoms with van der Waals surface area (Å²) in [6, 6.07) is 23.1. The van der Waals surface area contributed by atoms with Crippen LogP contribution < -0.4 is 23.8 Å². The van der Waals surface area contributed by atoms with Crippen LogP contribution in [0.3, 0.4) is 0 Å². The van der Waals surface area contributed by atoms with E-state index in [9.17, 15) is 14.0 Å². The van der Waals surface area contributed by atoms with Crippen molar-refractivity contribution in [1.29, 1.82) is 0 Å². The zero-order valence-corrected chi connectivity index (χ0v) is 19.6. The molecule has 3 aromatic carbocycles. The number of carbonyl (C=O) groups is 2. The minimum atomic E-state index is -0.779. The third-order valence-electron chi connectivity index (χ3n) is 5.44. The van der Waals surface area contributed by atoms with Crippen LogP contribution in [-0.2, 0) is 22.7 Å². The van der Waals surface area contributed by atoms with E-state index in [0.717, 1.165) is 11.1 Å². The molecule has 0 unspecified atom stereocenters. The maximum atomic E-state index is 14.7. The molecular weight excluding hydrogens is 444 g/mol. The van der Waals surface area contributed by atoms with Gasteiger partial charge in [-0.25, -0.2) is 9.18 Å². The number of carbonyl (C=O) groups excluding carboxylic acids is 2. The summed E-state index contributed by atoms with van der Waals surface area (Å²) in [5, 5.41) is 3.81. The molecule has 1 saturated heterocycles. The van der Waals surface area contributed by atoms with Gasteiger partial charge in [0.15, 0.2) is 0 Å². The fourth-order valence-electron chi connectivity index (χ4n) is 3.62. The number of benzene rings is 3. The van der Waals surface area contributed by atoms with Gasteiger partial charge in [0.25, 0.3) is 0 Å². The smallest absolute Gasteiger partial charge is 0.591 e. The van der Waals surface area contributed by atoms with E-state index in [-0.39, 0.29) is 43.9 Å². The van der Waals surface area contributed by atoms with Crippen LogP contribution in [0.2, 0.25) is 0 Å². The molecule has 2 amide bonds. The standard InChI is InChI=1S/C26H26FN3O4.Li/c27-23-17-22(28-25(31)33-18-20-7-3-1-4-8-20)11-12-24(23)29-13-15-30(16-14-29)26(32)34-19-21-9-5-2-6-10-21;/h1-12,17H,13-16,18-19H2,(H,28,31);/q;+1/p-1. The van der Waals surface area contributed by atoms with Gasteiger partial charge in [0.05, 0.1) is 5.69 Å². The molecule has 1 aliphatic rings. The Balaban J connectivity index is 0.00000342. The summed E-state index contributed by atoms with van der Waals surface area (Å²) in [7, 11) is 0. The van der Waals surface area contributed by atoms with Crippen LogP contribution in [0, 0.1) is 5.82 Å². The van der Waals surface area contributed by atoms with Crippen molar-refractivity contribution in [2.75, 3.05) is 31.1 Å². The molecule has 7 nitrogen and oxygen atoms in total. The van der Waals surface area contributed by atoms with Crippen molar-refractivity contribution in [2.24, 2.45) is 0 Å². The largest absolute Gasteiger partial charge is 1.00 e. The molecule has 0 atom stereocenters. The zero-order valence-electron chi connectivity index (χ0n) is 19.6. The summed E-state index contributed by atoms with van der Waals surface area (Å²) >= 11 is 0. The summed E-state index contributed by atoms with van der Waals surface area (Å²) in [6.07, 6.45) is -1.16. The topological polar surface area (TPSA) is 73.2 Å². The molecular formula is C26H25FLiN3O4. The molecule has 0 radical (unpaired) electrons. The Morgan fingerprint density at radius 2 is 1.37 bits per heavy atom. The molecule has 35 heavy (non-hydrogen) atoms. The Morgan fingerprint density at radius 3 is 1.94 bits per heavy atom. The van der Waals surface area contributed by atoms with Gasteiger partial charge in [-0.05, 0) is 23.3 Å². The van der Waals surface area contributed by atoms with Crippen LogP contribution in [-0.4, -0.2) is 43.3 Å². The first-order valence-electron chi connectivity index (χ1n) is 11.0. The molecule has 3 aromatic rings. The van der Waals surface area contributed by atoms with E-state index in [4.69, 9.17) is 9.47 Å². The summed E-state index contributed by atoms with van der Waals surface area (Å²) in [4.78, 5) is 27.8. The van der Waals surface area contributed by atoms with E-state index >= 15 is 0 Å². The Hall–Kier alpha value is -3.47. The first kappa shape index (κ1) is 26.1. The second-order valence-corrected chi connectivity index (χ2v) is 7.80. The number of halogens is 1. The fraction of sp³-hybridized carbons (Fsp3) is 0.231. The number of anilines is 1. The van der Waals surface area contributed by atoms with Gasteiger partial charge in [0, 0.05) is 26.2 Å². The molecule has 1 aliphatic heterocycles. The van der Waals surface area contributed by atoms with Gasteiger partial charge in [-0.1, -0.05) is 66.7 Å². The van der Waals surface area contributed by atoms with Crippen molar-refractivity contribution in [3.63, 3.8) is 0 Å². The van der Waals surface area contributed by atoms with E-state index < -0.39 is 11.9 Å². The Labute approximate surface area is 216 Å². The molecule has 4 rings (SSSR count). The number of nitrogens with zero attached hydrogens (tertiary/aromatic N) is 3. The average Bonchev–Trinajstić information content (AvgIpc) is 2.87. The van der Waals surface area contributed by atoms with E-state index in [1.54, 1.807) is 17.0 Å². The number of hydrogen-bond donors (Lipinski definition) is 0. The molecule has 0 N–H and O–H groups in total. The quantitative estimate of drug-likeness (QED) is 0.519. The molecule has 0 bridgehead atoms. The number of hydrogen-bond acceptors (Lipinski definition) is 5. The number of ether oxygens (including phenoxy) is 2. The van der Waals surface area contributed by atoms with Crippen LogP contribution in [0.5, 0.6) is 0 Å². The summed E-state index contributed by atoms with van der Waals surface area (Å²) in [5.74, 6) is -0.489. The minimum absolute atomic E-state index is 0. The van der Waals surface area contributed by atoms with Gasteiger partial charge >= 0.3 is 25.0 Å². The van der Waals surface area contributed by atoms with Crippen molar-refractivity contribution in [2.45, 2.75) is 13.2 Å². The van der Waals surface area contributed by atoms with E-state index in [1.165, 1.54) is 6.07 Å². The first-order chi connectivity index (χ1) is 16.6. The number of piperazine rings is 1. The second kappa shape index (κ2) is 12.8. The van der Waals surface area contributed by atoms with Gasteiger partial charge in [-0.3, -0.25) is 4.79 Å². The predicted molar refractivity (Wildman–Crippen MR) is 126 cm³/mol. The van der Waals surface area contributed by atoms with Crippen molar-refractivity contribution < 1.29 is 42.3 Å². The van der Waals surface area contributed by atoms with Crippen molar-refractivity contribution in [3.8, 4) is 0 Å². The number of rotatable bonds is 6. The van der Waals surface area contributed by atoms with E-state index in [0.29, 0.717) is 31.9 Å². The van der Waals surface area contributed by atoms with Gasteiger partial charge in [-0.2, -0.15) is 0 Å². The summed E-state index contributed by atoms with van der Waals surface area (Å²) in [6.45, 7) is 2.09. The van der Waals surface area contributed by atoms with Crippen LogP contribution in [0.1, 0.15) is 11.1 Å². The molecule has 0 saturated carbocycles. The minimum Gasteiger partial charge on any atom is -0.591 e. The second-order valence-electron chi connectivity index (χ2n) is 7.80. The zero-order chi connectivity index (χ0) is 23.8. The third-order valence-corrected chi connectivity index (χ3v) is 5.44. The number of amides is 2. The van der Waals surface area contributed by atoms with Crippen LogP contribution in [0.4, 0.5) is 25.4 Å².